The van der Waals surface area contributed by atoms with E-state index in [0.717, 1.165) is 23.3 Å². The lowest BCUT2D eigenvalue weighted by atomic mass is 9.83. The van der Waals surface area contributed by atoms with Crippen LogP contribution in [0.3, 0.4) is 0 Å². The number of benzene rings is 2. The van der Waals surface area contributed by atoms with Gasteiger partial charge in [-0.25, -0.2) is 4.99 Å². The summed E-state index contributed by atoms with van der Waals surface area (Å²) in [4.78, 5) is 40.5. The number of hydrogen-bond acceptors (Lipinski definition) is 9. The molecule has 1 heterocycles. The lowest BCUT2D eigenvalue weighted by molar-refractivity contribution is -0.138. The molecule has 0 unspecified atom stereocenters. The number of amides is 2. The molecule has 0 radical (unpaired) electrons. The largest absolute Gasteiger partial charge is 0.416 e. The topological polar surface area (TPSA) is 98.8 Å². The summed E-state index contributed by atoms with van der Waals surface area (Å²) in [5.41, 5.74) is 7.65. The molecule has 1 saturated heterocycles. The molecule has 15 heteroatoms. The summed E-state index contributed by atoms with van der Waals surface area (Å²) in [6.45, 7) is 7.75. The average Bonchev–Trinajstić information content (AvgIpc) is 3.96. The number of piperazine rings is 1. The highest BCUT2D eigenvalue weighted by atomic mass is 32.2. The van der Waals surface area contributed by atoms with Crippen LogP contribution in [0.1, 0.15) is 73.5 Å². The van der Waals surface area contributed by atoms with Gasteiger partial charge in [-0.05, 0) is 86.9 Å². The van der Waals surface area contributed by atoms with Crippen LogP contribution in [0.5, 0.6) is 0 Å². The van der Waals surface area contributed by atoms with E-state index in [0.29, 0.717) is 90.9 Å². The summed E-state index contributed by atoms with van der Waals surface area (Å²) in [6.07, 6.45) is 5.56. The average molecular weight is 796 g/mol. The lowest BCUT2D eigenvalue weighted by Crippen LogP contribution is -2.51. The van der Waals surface area contributed by atoms with E-state index in [1.54, 1.807) is 30.2 Å². The van der Waals surface area contributed by atoms with Crippen molar-refractivity contribution < 1.29 is 22.8 Å². The first-order valence-corrected chi connectivity index (χ1v) is 20.2. The maximum atomic E-state index is 14.6. The lowest BCUT2D eigenvalue weighted by Gasteiger charge is -2.39. The Bertz CT molecular complexity index is 1850. The van der Waals surface area contributed by atoms with Crippen LogP contribution in [-0.2, 0) is 23.8 Å². The second-order valence-electron chi connectivity index (χ2n) is 14.4. The van der Waals surface area contributed by atoms with E-state index in [1.165, 1.54) is 18.9 Å². The van der Waals surface area contributed by atoms with Gasteiger partial charge in [0.2, 0.25) is 0 Å². The van der Waals surface area contributed by atoms with E-state index in [9.17, 15) is 22.8 Å². The molecule has 5 rings (SSSR count). The summed E-state index contributed by atoms with van der Waals surface area (Å²) in [6, 6.07) is 10.2. The van der Waals surface area contributed by atoms with Gasteiger partial charge in [0.25, 0.3) is 11.8 Å². The number of allylic oxidation sites excluding steroid dienone is 3. The Morgan fingerprint density at radius 1 is 0.946 bits per heavy atom. The molecule has 3 aliphatic rings. The fraction of sp³-hybridized carbons (Fsp3) is 0.488. The molecule has 0 atom stereocenters. The third-order valence-corrected chi connectivity index (χ3v) is 11.2. The number of aliphatic imine (C=N–C) groups is 1. The number of anilines is 2. The van der Waals surface area contributed by atoms with Crippen LogP contribution in [0.25, 0.3) is 0 Å². The minimum atomic E-state index is -4.40. The predicted octanol–water partition coefficient (Wildman–Crippen LogP) is 7.16. The number of alkyl halides is 3. The smallest absolute Gasteiger partial charge is 0.363 e. The summed E-state index contributed by atoms with van der Waals surface area (Å²) < 4.78 is 42.9. The Kier molecular flexibility index (Phi) is 14.4. The standard InChI is InChI=1S/C41H56F3N9O2S/c1-8-13-28(47-35-21-20-33(41(42,43)44)30-18-19-31(30)35)26-50(6)40(55)38(34(9-2)45-27-46-37(10-3)49(4)5)52-22-24-53(25-23-52)39(54)32-14-11-12-15-36(32)48-51(7)56-29-16-17-29/h10-15,20-21,27,29,47-48H,8-9,16-19,22-26H2,1-7H3,(H,45,46)/b28-13+,37-10?,38-34+. The minimum absolute atomic E-state index is 0.0746. The molecule has 0 bridgehead atoms. The molecule has 2 aromatic rings. The highest BCUT2D eigenvalue weighted by Gasteiger charge is 2.37. The molecule has 2 amide bonds. The van der Waals surface area contributed by atoms with Gasteiger partial charge in [0.1, 0.15) is 11.5 Å². The van der Waals surface area contributed by atoms with Gasteiger partial charge in [0.05, 0.1) is 29.7 Å². The molecule has 2 aliphatic carbocycles. The summed E-state index contributed by atoms with van der Waals surface area (Å²) in [5.74, 6) is 0.447. The normalized spacial score (nSPS) is 16.7. The van der Waals surface area contributed by atoms with Crippen LogP contribution in [-0.4, -0.2) is 108 Å². The second kappa shape index (κ2) is 19.0. The number of hydrogen-bond donors (Lipinski definition) is 3. The predicted molar refractivity (Wildman–Crippen MR) is 221 cm³/mol. The fourth-order valence-corrected chi connectivity index (χ4v) is 7.83. The molecule has 1 saturated carbocycles. The van der Waals surface area contributed by atoms with Crippen LogP contribution in [0.2, 0.25) is 0 Å². The Morgan fingerprint density at radius 2 is 1.62 bits per heavy atom. The fourth-order valence-electron chi connectivity index (χ4n) is 6.88. The zero-order valence-electron chi connectivity index (χ0n) is 33.6. The molecule has 0 aromatic heterocycles. The van der Waals surface area contributed by atoms with Gasteiger partial charge in [-0.1, -0.05) is 44.0 Å². The van der Waals surface area contributed by atoms with E-state index < -0.39 is 11.7 Å². The first-order valence-electron chi connectivity index (χ1n) is 19.3. The second-order valence-corrected chi connectivity index (χ2v) is 15.8. The Hall–Kier alpha value is -4.63. The zero-order chi connectivity index (χ0) is 40.6. The molecule has 2 aromatic carbocycles. The number of hydrazine groups is 1. The maximum absolute atomic E-state index is 14.6. The number of para-hydroxylation sites is 1. The van der Waals surface area contributed by atoms with Crippen molar-refractivity contribution in [1.82, 2.24) is 29.3 Å². The number of rotatable bonds is 17. The van der Waals surface area contributed by atoms with E-state index >= 15 is 0 Å². The van der Waals surface area contributed by atoms with Crippen LogP contribution in [0.4, 0.5) is 24.5 Å². The third-order valence-electron chi connectivity index (χ3n) is 10.0. The Morgan fingerprint density at radius 3 is 2.21 bits per heavy atom. The third kappa shape index (κ3) is 10.6. The maximum Gasteiger partial charge on any atom is 0.416 e. The van der Waals surface area contributed by atoms with E-state index in [-0.39, 0.29) is 18.4 Å². The highest BCUT2D eigenvalue weighted by molar-refractivity contribution is 7.97. The molecule has 3 N–H and O–H groups in total. The monoisotopic (exact) mass is 795 g/mol. The summed E-state index contributed by atoms with van der Waals surface area (Å²) >= 11 is 1.73. The molecular formula is C41H56F3N9O2S. The van der Waals surface area contributed by atoms with Gasteiger partial charge in [-0.2, -0.15) is 17.6 Å². The number of nitrogens with zero attached hydrogens (tertiary/aromatic N) is 6. The van der Waals surface area contributed by atoms with E-state index in [2.05, 4.69) is 21.1 Å². The molecular weight excluding hydrogens is 740 g/mol. The van der Waals surface area contributed by atoms with E-state index in [1.807, 2.05) is 97.4 Å². The van der Waals surface area contributed by atoms with Gasteiger partial charge in [-0.3, -0.25) is 9.59 Å². The van der Waals surface area contributed by atoms with E-state index in [4.69, 9.17) is 0 Å². The molecule has 304 valence electrons. The number of halogens is 3. The van der Waals surface area contributed by atoms with Crippen molar-refractivity contribution in [3.63, 3.8) is 0 Å². The number of carbonyl (C=O) groups is 2. The molecule has 0 spiro atoms. The molecule has 1 aliphatic heterocycles. The summed E-state index contributed by atoms with van der Waals surface area (Å²) in [7, 11) is 7.50. The number of fused-ring (bicyclic) bond motifs is 1. The van der Waals surface area contributed by atoms with Gasteiger partial charge in [0.15, 0.2) is 0 Å². The van der Waals surface area contributed by atoms with Crippen molar-refractivity contribution in [3.05, 3.63) is 93.7 Å². The van der Waals surface area contributed by atoms with Crippen molar-refractivity contribution in [2.75, 3.05) is 71.7 Å². The Labute approximate surface area is 333 Å². The number of nitrogens with one attached hydrogen (secondary N) is 3. The highest BCUT2D eigenvalue weighted by Crippen LogP contribution is 2.41. The minimum Gasteiger partial charge on any atom is -0.363 e. The first kappa shape index (κ1) is 42.5. The molecule has 11 nitrogen and oxygen atoms in total. The first-order chi connectivity index (χ1) is 26.7. The van der Waals surface area contributed by atoms with Crippen molar-refractivity contribution in [3.8, 4) is 0 Å². The van der Waals surface area contributed by atoms with Gasteiger partial charge in [0, 0.05) is 76.7 Å². The SMILES string of the molecule is CC=C(/N=C/N/C(CC)=C(\C(=O)N(C)C/C(=C\CC)Nc1ccc(C(F)(F)F)c2c1CC2)N1CCN(C(=O)c2ccccc2NN(C)SC2CC2)CC1)N(C)C. The Balaban J connectivity index is 1.35. The van der Waals surface area contributed by atoms with Crippen LogP contribution in [0.15, 0.2) is 76.5 Å². The quantitative estimate of drug-likeness (QED) is 0.0507. The van der Waals surface area contributed by atoms with Gasteiger partial charge < -0.3 is 35.7 Å². The van der Waals surface area contributed by atoms with Crippen molar-refractivity contribution in [1.29, 1.82) is 0 Å². The van der Waals surface area contributed by atoms with Crippen molar-refractivity contribution in [2.24, 2.45) is 4.99 Å². The van der Waals surface area contributed by atoms with Crippen molar-refractivity contribution >= 4 is 41.5 Å². The van der Waals surface area contributed by atoms with Gasteiger partial charge >= 0.3 is 6.18 Å². The number of carbonyl (C=O) groups excluding carboxylic acids is 2. The van der Waals surface area contributed by atoms with Crippen LogP contribution < -0.4 is 16.1 Å². The molecule has 56 heavy (non-hydrogen) atoms. The summed E-state index contributed by atoms with van der Waals surface area (Å²) in [5, 5.41) is 7.27. The zero-order valence-corrected chi connectivity index (χ0v) is 34.4. The number of likely N-dealkylation sites (N-methyl/N-ethyl adjacent to an activating group) is 1. The van der Waals surface area contributed by atoms with Crippen LogP contribution in [0, 0.1) is 0 Å². The molecule has 2 fully saturated rings. The van der Waals surface area contributed by atoms with Gasteiger partial charge in [-0.15, -0.1) is 0 Å². The van der Waals surface area contributed by atoms with Crippen molar-refractivity contribution in [2.45, 2.75) is 70.7 Å². The van der Waals surface area contributed by atoms with Crippen LogP contribution >= 0.6 is 11.9 Å².